The van der Waals surface area contributed by atoms with Crippen molar-refractivity contribution in [2.75, 3.05) is 6.54 Å². The molecule has 0 unspecified atom stereocenters. The van der Waals surface area contributed by atoms with Gasteiger partial charge >= 0.3 is 0 Å². The van der Waals surface area contributed by atoms with Crippen LogP contribution >= 0.6 is 23.4 Å². The molecular weight excluding hydrogens is 332 g/mol. The van der Waals surface area contributed by atoms with Gasteiger partial charge in [0.2, 0.25) is 0 Å². The molecule has 2 heterocycles. The van der Waals surface area contributed by atoms with Crippen LogP contribution in [0.15, 0.2) is 60.2 Å². The number of carbonyl (C=O) groups excluding carboxylic acids is 2. The van der Waals surface area contributed by atoms with Crippen molar-refractivity contribution in [2.24, 2.45) is 0 Å². The highest BCUT2D eigenvalue weighted by molar-refractivity contribution is 8.18. The number of rotatable bonds is 4. The summed E-state index contributed by atoms with van der Waals surface area (Å²) in [4.78, 5) is 25.7. The van der Waals surface area contributed by atoms with E-state index in [-0.39, 0.29) is 17.7 Å². The second kappa shape index (κ2) is 6.48. The van der Waals surface area contributed by atoms with Crippen LogP contribution in [0, 0.1) is 0 Å². The van der Waals surface area contributed by atoms with E-state index >= 15 is 0 Å². The molecule has 0 spiro atoms. The minimum Gasteiger partial charge on any atom is -0.317 e. The van der Waals surface area contributed by atoms with Crippen LogP contribution in [0.1, 0.15) is 5.69 Å². The number of hydrogen-bond acceptors (Lipinski definition) is 3. The molecule has 1 saturated heterocycles. The number of halogens is 1. The molecule has 0 aliphatic carbocycles. The molecule has 1 fully saturated rings. The minimum atomic E-state index is -0.288. The minimum absolute atomic E-state index is 0.222. The second-order valence-corrected chi connectivity index (χ2v) is 6.29. The fourth-order valence-electron chi connectivity index (χ4n) is 2.27. The van der Waals surface area contributed by atoms with E-state index in [9.17, 15) is 9.59 Å². The van der Waals surface area contributed by atoms with Gasteiger partial charge in [-0.2, -0.15) is 0 Å². The van der Waals surface area contributed by atoms with Gasteiger partial charge in [-0.15, -0.1) is 6.58 Å². The van der Waals surface area contributed by atoms with Crippen LogP contribution in [-0.2, 0) is 4.79 Å². The molecule has 0 atom stereocenters. The Bertz CT molecular complexity index is 808. The van der Waals surface area contributed by atoms with Crippen molar-refractivity contribution < 1.29 is 9.59 Å². The van der Waals surface area contributed by atoms with Crippen molar-refractivity contribution in [3.05, 3.63) is 70.9 Å². The Labute approximate surface area is 143 Å². The second-order valence-electron chi connectivity index (χ2n) is 4.86. The van der Waals surface area contributed by atoms with Gasteiger partial charge in [0, 0.05) is 29.1 Å². The fourth-order valence-corrected chi connectivity index (χ4v) is 3.23. The van der Waals surface area contributed by atoms with Gasteiger partial charge < -0.3 is 4.57 Å². The lowest BCUT2D eigenvalue weighted by atomic mass is 10.3. The zero-order chi connectivity index (χ0) is 16.4. The summed E-state index contributed by atoms with van der Waals surface area (Å²) in [5.74, 6) is -0.288. The molecule has 2 aromatic rings. The van der Waals surface area contributed by atoms with Crippen molar-refractivity contribution in [1.82, 2.24) is 9.47 Å². The highest BCUT2D eigenvalue weighted by Gasteiger charge is 2.34. The molecule has 0 bridgehead atoms. The lowest BCUT2D eigenvalue weighted by Gasteiger charge is -2.08. The summed E-state index contributed by atoms with van der Waals surface area (Å²) in [6.07, 6.45) is 5.15. The van der Waals surface area contributed by atoms with Crippen LogP contribution in [0.4, 0.5) is 4.79 Å². The van der Waals surface area contributed by atoms with E-state index in [1.54, 1.807) is 18.2 Å². The Hall–Kier alpha value is -2.24. The number of amides is 2. The van der Waals surface area contributed by atoms with Gasteiger partial charge in [0.25, 0.3) is 11.1 Å². The number of benzene rings is 1. The smallest absolute Gasteiger partial charge is 0.293 e. The summed E-state index contributed by atoms with van der Waals surface area (Å²) < 4.78 is 1.93. The predicted octanol–water partition coefficient (Wildman–Crippen LogP) is 4.35. The quantitative estimate of drug-likeness (QED) is 0.611. The van der Waals surface area contributed by atoms with Gasteiger partial charge in [0.1, 0.15) is 0 Å². The van der Waals surface area contributed by atoms with E-state index in [0.717, 1.165) is 23.1 Å². The number of imide groups is 1. The molecule has 1 aliphatic rings. The molecule has 0 N–H and O–H groups in total. The van der Waals surface area contributed by atoms with Crippen molar-refractivity contribution in [3.8, 4) is 5.69 Å². The van der Waals surface area contributed by atoms with E-state index in [4.69, 9.17) is 11.6 Å². The maximum Gasteiger partial charge on any atom is 0.293 e. The maximum atomic E-state index is 12.3. The van der Waals surface area contributed by atoms with E-state index in [1.807, 2.05) is 35.0 Å². The summed E-state index contributed by atoms with van der Waals surface area (Å²) in [5.41, 5.74) is 1.74. The van der Waals surface area contributed by atoms with Crippen LogP contribution in [0.3, 0.4) is 0 Å². The lowest BCUT2D eigenvalue weighted by Crippen LogP contribution is -2.27. The molecule has 1 aliphatic heterocycles. The predicted molar refractivity (Wildman–Crippen MR) is 93.7 cm³/mol. The van der Waals surface area contributed by atoms with Gasteiger partial charge in [-0.1, -0.05) is 17.7 Å². The Kier molecular flexibility index (Phi) is 4.41. The summed E-state index contributed by atoms with van der Waals surface area (Å²) in [7, 11) is 0. The molecule has 0 saturated carbocycles. The van der Waals surface area contributed by atoms with Gasteiger partial charge in [-0.3, -0.25) is 14.5 Å². The van der Waals surface area contributed by atoms with E-state index in [0.29, 0.717) is 9.93 Å². The van der Waals surface area contributed by atoms with Crippen LogP contribution in [0.5, 0.6) is 0 Å². The number of hydrogen-bond donors (Lipinski definition) is 0. The summed E-state index contributed by atoms with van der Waals surface area (Å²) >= 11 is 6.85. The van der Waals surface area contributed by atoms with Crippen molar-refractivity contribution in [1.29, 1.82) is 0 Å². The largest absolute Gasteiger partial charge is 0.317 e. The summed E-state index contributed by atoms with van der Waals surface area (Å²) in [5, 5.41) is 0.388. The molecule has 4 nitrogen and oxygen atoms in total. The summed E-state index contributed by atoms with van der Waals surface area (Å²) in [6, 6.07) is 11.2. The third-order valence-corrected chi connectivity index (χ3v) is 4.51. The number of carbonyl (C=O) groups is 2. The Morgan fingerprint density at radius 3 is 2.61 bits per heavy atom. The van der Waals surface area contributed by atoms with Crippen LogP contribution in [0.25, 0.3) is 11.8 Å². The van der Waals surface area contributed by atoms with Gasteiger partial charge in [-0.25, -0.2) is 0 Å². The Morgan fingerprint density at radius 1 is 1.17 bits per heavy atom. The van der Waals surface area contributed by atoms with E-state index in [1.165, 1.54) is 11.0 Å². The molecule has 116 valence electrons. The fraction of sp³-hybridized carbons (Fsp3) is 0.0588. The SMILES string of the molecule is C=CCN1C(=O)S/C(=C/c2cccn2-c2ccc(Cl)cc2)C1=O. The van der Waals surface area contributed by atoms with E-state index < -0.39 is 0 Å². The zero-order valence-electron chi connectivity index (χ0n) is 12.1. The van der Waals surface area contributed by atoms with E-state index in [2.05, 4.69) is 6.58 Å². The Morgan fingerprint density at radius 2 is 1.91 bits per heavy atom. The maximum absolute atomic E-state index is 12.3. The number of nitrogens with zero attached hydrogens (tertiary/aromatic N) is 2. The molecular formula is C17H13ClN2O2S. The van der Waals surface area contributed by atoms with Gasteiger partial charge in [0.05, 0.1) is 4.91 Å². The third kappa shape index (κ3) is 3.11. The molecule has 6 heteroatoms. The van der Waals surface area contributed by atoms with Crippen molar-refractivity contribution in [2.45, 2.75) is 0 Å². The first kappa shape index (κ1) is 15.6. The number of aromatic nitrogens is 1. The molecule has 1 aromatic heterocycles. The van der Waals surface area contributed by atoms with Gasteiger partial charge in [0.15, 0.2) is 0 Å². The third-order valence-electron chi connectivity index (χ3n) is 3.35. The average Bonchev–Trinajstić information content (AvgIpc) is 3.09. The van der Waals surface area contributed by atoms with Crippen molar-refractivity contribution >= 4 is 40.6 Å². The molecule has 3 rings (SSSR count). The molecule has 1 aromatic carbocycles. The highest BCUT2D eigenvalue weighted by atomic mass is 35.5. The Balaban J connectivity index is 1.94. The van der Waals surface area contributed by atoms with Crippen LogP contribution < -0.4 is 0 Å². The topological polar surface area (TPSA) is 42.3 Å². The van der Waals surface area contributed by atoms with Crippen LogP contribution in [0.2, 0.25) is 5.02 Å². The monoisotopic (exact) mass is 344 g/mol. The first-order valence-electron chi connectivity index (χ1n) is 6.89. The van der Waals surface area contributed by atoms with Crippen molar-refractivity contribution in [3.63, 3.8) is 0 Å². The average molecular weight is 345 g/mol. The molecule has 2 amide bonds. The zero-order valence-corrected chi connectivity index (χ0v) is 13.7. The first-order chi connectivity index (χ1) is 11.1. The number of thioether (sulfide) groups is 1. The lowest BCUT2D eigenvalue weighted by molar-refractivity contribution is -0.122. The first-order valence-corrected chi connectivity index (χ1v) is 8.09. The van der Waals surface area contributed by atoms with Gasteiger partial charge in [-0.05, 0) is 54.2 Å². The molecule has 0 radical (unpaired) electrons. The standard InChI is InChI=1S/C17H13ClN2O2S/c1-2-9-20-16(21)15(23-17(20)22)11-14-4-3-10-19(14)13-7-5-12(18)6-8-13/h2-8,10-11H,1,9H2/b15-11+. The normalized spacial score (nSPS) is 16.4. The molecule has 23 heavy (non-hydrogen) atoms. The highest BCUT2D eigenvalue weighted by Crippen LogP contribution is 2.32. The van der Waals surface area contributed by atoms with Crippen LogP contribution in [-0.4, -0.2) is 27.2 Å². The summed E-state index contributed by atoms with van der Waals surface area (Å²) in [6.45, 7) is 3.79.